The molecule has 2 rings (SSSR count). The van der Waals surface area contributed by atoms with Crippen molar-refractivity contribution in [3.05, 3.63) is 52.6 Å². The SMILES string of the molecule is CCOc1cc(NC(=NC)NCCNc2ccccc2[N+](=O)[O-])ccc1OC.I. The number of methoxy groups -OCH3 is 1. The molecule has 0 spiro atoms. The quantitative estimate of drug-likeness (QED) is 0.117. The lowest BCUT2D eigenvalue weighted by atomic mass is 10.2. The Morgan fingerprint density at radius 2 is 1.93 bits per heavy atom. The summed E-state index contributed by atoms with van der Waals surface area (Å²) in [5, 5.41) is 20.4. The molecule has 0 saturated carbocycles. The first kappa shape index (κ1) is 24.3. The Labute approximate surface area is 187 Å². The van der Waals surface area contributed by atoms with Gasteiger partial charge in [0.15, 0.2) is 17.5 Å². The largest absolute Gasteiger partial charge is 0.493 e. The summed E-state index contributed by atoms with van der Waals surface area (Å²) in [4.78, 5) is 14.8. The Balaban J connectivity index is 0.00000420. The molecule has 0 aromatic heterocycles. The second-order valence-electron chi connectivity index (χ2n) is 5.62. The molecule has 0 aliphatic rings. The van der Waals surface area contributed by atoms with Crippen LogP contribution in [0, 0.1) is 10.1 Å². The Hall–Kier alpha value is -2.76. The van der Waals surface area contributed by atoms with E-state index in [1.807, 2.05) is 25.1 Å². The summed E-state index contributed by atoms with van der Waals surface area (Å²) >= 11 is 0. The van der Waals surface area contributed by atoms with E-state index in [-0.39, 0.29) is 29.7 Å². The van der Waals surface area contributed by atoms with Crippen LogP contribution in [0.3, 0.4) is 0 Å². The fraction of sp³-hybridized carbons (Fsp3) is 0.316. The number of nitrogens with zero attached hydrogens (tertiary/aromatic N) is 2. The van der Waals surface area contributed by atoms with Crippen molar-refractivity contribution >= 4 is 47.0 Å². The van der Waals surface area contributed by atoms with Gasteiger partial charge < -0.3 is 25.4 Å². The summed E-state index contributed by atoms with van der Waals surface area (Å²) in [5.41, 5.74) is 1.32. The van der Waals surface area contributed by atoms with Crippen molar-refractivity contribution in [2.45, 2.75) is 6.92 Å². The topological polar surface area (TPSA) is 110 Å². The number of hydrogen-bond acceptors (Lipinski definition) is 6. The Morgan fingerprint density at radius 1 is 1.17 bits per heavy atom. The average Bonchev–Trinajstić information content (AvgIpc) is 2.71. The van der Waals surface area contributed by atoms with E-state index in [9.17, 15) is 10.1 Å². The fourth-order valence-corrected chi connectivity index (χ4v) is 2.50. The predicted molar refractivity (Wildman–Crippen MR) is 126 cm³/mol. The molecule has 2 aromatic rings. The minimum absolute atomic E-state index is 0. The van der Waals surface area contributed by atoms with E-state index in [2.05, 4.69) is 20.9 Å². The monoisotopic (exact) mass is 515 g/mol. The zero-order valence-corrected chi connectivity index (χ0v) is 18.9. The van der Waals surface area contributed by atoms with Gasteiger partial charge in [-0.2, -0.15) is 0 Å². The summed E-state index contributed by atoms with van der Waals surface area (Å²) < 4.78 is 10.8. The molecular formula is C19H26IN5O4. The third-order valence-corrected chi connectivity index (χ3v) is 3.78. The van der Waals surface area contributed by atoms with E-state index in [4.69, 9.17) is 9.47 Å². The van der Waals surface area contributed by atoms with Crippen molar-refractivity contribution in [2.75, 3.05) is 44.5 Å². The number of nitro benzene ring substituents is 1. The molecule has 0 bridgehead atoms. The molecule has 0 fully saturated rings. The Bertz CT molecular complexity index is 832. The summed E-state index contributed by atoms with van der Waals surface area (Å²) in [6.07, 6.45) is 0. The number of guanidine groups is 1. The van der Waals surface area contributed by atoms with E-state index in [0.29, 0.717) is 42.8 Å². The van der Waals surface area contributed by atoms with Crippen molar-refractivity contribution in [3.63, 3.8) is 0 Å². The number of anilines is 2. The molecule has 0 heterocycles. The molecule has 0 unspecified atom stereocenters. The maximum atomic E-state index is 11.0. The van der Waals surface area contributed by atoms with Gasteiger partial charge in [0.2, 0.25) is 0 Å². The molecule has 0 radical (unpaired) electrons. The standard InChI is InChI=1S/C19H25N5O4.HI/c1-4-28-18-13-14(9-10-17(18)27-3)23-19(20-2)22-12-11-21-15-7-5-6-8-16(15)24(25)26;/h5-10,13,21H,4,11-12H2,1-3H3,(H2,20,22,23);1H. The first-order valence-electron chi connectivity index (χ1n) is 8.84. The summed E-state index contributed by atoms with van der Waals surface area (Å²) in [7, 11) is 3.26. The van der Waals surface area contributed by atoms with Gasteiger partial charge in [-0.05, 0) is 25.1 Å². The fourth-order valence-electron chi connectivity index (χ4n) is 2.50. The van der Waals surface area contributed by atoms with Crippen LogP contribution in [-0.4, -0.2) is 44.7 Å². The lowest BCUT2D eigenvalue weighted by Crippen LogP contribution is -2.34. The van der Waals surface area contributed by atoms with Crippen molar-refractivity contribution in [1.82, 2.24) is 5.32 Å². The third-order valence-electron chi connectivity index (χ3n) is 3.78. The number of para-hydroxylation sites is 2. The van der Waals surface area contributed by atoms with Crippen LogP contribution < -0.4 is 25.4 Å². The number of benzene rings is 2. The molecule has 3 N–H and O–H groups in total. The van der Waals surface area contributed by atoms with E-state index in [1.54, 1.807) is 32.4 Å². The van der Waals surface area contributed by atoms with Crippen LogP contribution in [0.4, 0.5) is 17.1 Å². The van der Waals surface area contributed by atoms with Crippen molar-refractivity contribution in [3.8, 4) is 11.5 Å². The Kier molecular flexibility index (Phi) is 10.6. The van der Waals surface area contributed by atoms with Gasteiger partial charge in [-0.3, -0.25) is 15.1 Å². The second kappa shape index (κ2) is 12.6. The molecule has 158 valence electrons. The maximum absolute atomic E-state index is 11.0. The van der Waals surface area contributed by atoms with E-state index in [1.165, 1.54) is 6.07 Å². The number of nitrogens with one attached hydrogen (secondary N) is 3. The highest BCUT2D eigenvalue weighted by molar-refractivity contribution is 14.0. The molecule has 0 atom stereocenters. The molecule has 10 heteroatoms. The van der Waals surface area contributed by atoms with Gasteiger partial charge in [0.25, 0.3) is 5.69 Å². The Morgan fingerprint density at radius 3 is 2.59 bits per heavy atom. The molecule has 0 saturated heterocycles. The second-order valence-corrected chi connectivity index (χ2v) is 5.62. The van der Waals surface area contributed by atoms with Crippen LogP contribution in [0.25, 0.3) is 0 Å². The molecule has 29 heavy (non-hydrogen) atoms. The number of rotatable bonds is 9. The number of ether oxygens (including phenoxy) is 2. The van der Waals surface area contributed by atoms with Crippen LogP contribution in [0.1, 0.15) is 6.92 Å². The average molecular weight is 515 g/mol. The van der Waals surface area contributed by atoms with Crippen LogP contribution in [0.15, 0.2) is 47.5 Å². The smallest absolute Gasteiger partial charge is 0.292 e. The predicted octanol–water partition coefficient (Wildman–Crippen LogP) is 3.72. The number of aliphatic imine (C=N–C) groups is 1. The summed E-state index contributed by atoms with van der Waals surface area (Å²) in [6.45, 7) is 3.44. The molecule has 2 aromatic carbocycles. The van der Waals surface area contributed by atoms with Gasteiger partial charge in [-0.25, -0.2) is 0 Å². The highest BCUT2D eigenvalue weighted by Gasteiger charge is 2.11. The highest BCUT2D eigenvalue weighted by Crippen LogP contribution is 2.30. The number of nitro groups is 1. The van der Waals surface area contributed by atoms with Crippen molar-refractivity contribution in [1.29, 1.82) is 0 Å². The maximum Gasteiger partial charge on any atom is 0.292 e. The van der Waals surface area contributed by atoms with Gasteiger partial charge in [-0.15, -0.1) is 24.0 Å². The van der Waals surface area contributed by atoms with Crippen molar-refractivity contribution in [2.24, 2.45) is 4.99 Å². The number of halogens is 1. The van der Waals surface area contributed by atoms with Crippen molar-refractivity contribution < 1.29 is 14.4 Å². The third kappa shape index (κ3) is 7.29. The minimum atomic E-state index is -0.407. The summed E-state index contributed by atoms with van der Waals surface area (Å²) in [6, 6.07) is 12.0. The van der Waals surface area contributed by atoms with E-state index < -0.39 is 4.92 Å². The molecule has 9 nitrogen and oxygen atoms in total. The molecular weight excluding hydrogens is 489 g/mol. The van der Waals surface area contributed by atoms with Crippen LogP contribution in [-0.2, 0) is 0 Å². The summed E-state index contributed by atoms with van der Waals surface area (Å²) in [5.74, 6) is 1.87. The van der Waals surface area contributed by atoms with Crippen LogP contribution in [0.2, 0.25) is 0 Å². The minimum Gasteiger partial charge on any atom is -0.493 e. The zero-order valence-electron chi connectivity index (χ0n) is 16.6. The van der Waals surface area contributed by atoms with E-state index in [0.717, 1.165) is 5.69 Å². The van der Waals surface area contributed by atoms with Crippen LogP contribution >= 0.6 is 24.0 Å². The van der Waals surface area contributed by atoms with Gasteiger partial charge in [0.05, 0.1) is 18.6 Å². The first-order chi connectivity index (χ1) is 13.6. The zero-order chi connectivity index (χ0) is 20.4. The first-order valence-corrected chi connectivity index (χ1v) is 8.84. The normalized spacial score (nSPS) is 10.5. The molecule has 0 aliphatic carbocycles. The van der Waals surface area contributed by atoms with Gasteiger partial charge >= 0.3 is 0 Å². The molecule has 0 amide bonds. The van der Waals surface area contributed by atoms with Gasteiger partial charge in [-0.1, -0.05) is 12.1 Å². The van der Waals surface area contributed by atoms with Crippen LogP contribution in [0.5, 0.6) is 11.5 Å². The highest BCUT2D eigenvalue weighted by atomic mass is 127. The lowest BCUT2D eigenvalue weighted by molar-refractivity contribution is -0.384. The number of hydrogen-bond donors (Lipinski definition) is 3. The van der Waals surface area contributed by atoms with Gasteiger partial charge in [0, 0.05) is 38.0 Å². The molecule has 0 aliphatic heterocycles. The lowest BCUT2D eigenvalue weighted by Gasteiger charge is -2.15. The van der Waals surface area contributed by atoms with Gasteiger partial charge in [0.1, 0.15) is 5.69 Å². The van der Waals surface area contributed by atoms with E-state index >= 15 is 0 Å².